The molecule has 9 nitrogen and oxygen atoms in total. The van der Waals surface area contributed by atoms with Crippen LogP contribution in [-0.2, 0) is 6.18 Å². The van der Waals surface area contributed by atoms with Gasteiger partial charge in [0, 0.05) is 41.2 Å². The SMILES string of the molecule is Cc1cn(-c2cc(Nc3ccc(/C=N/Nc4nc(C)cc(-c5cccnc5)n4)nc3)cc(C(F)(F)F)c2)cn1. The molecule has 0 saturated heterocycles. The van der Waals surface area contributed by atoms with Crippen LogP contribution in [0.25, 0.3) is 16.9 Å². The van der Waals surface area contributed by atoms with Crippen molar-refractivity contribution in [3.63, 3.8) is 0 Å². The zero-order valence-electron chi connectivity index (χ0n) is 20.8. The number of anilines is 3. The highest BCUT2D eigenvalue weighted by Crippen LogP contribution is 2.34. The molecule has 0 spiro atoms. The van der Waals surface area contributed by atoms with Gasteiger partial charge in [-0.3, -0.25) is 9.97 Å². The molecule has 0 atom stereocenters. The molecular formula is C27H22F3N9. The van der Waals surface area contributed by atoms with Gasteiger partial charge in [-0.1, -0.05) is 0 Å². The normalized spacial score (nSPS) is 11.6. The predicted octanol–water partition coefficient (Wildman–Crippen LogP) is 5.94. The van der Waals surface area contributed by atoms with Gasteiger partial charge < -0.3 is 9.88 Å². The lowest BCUT2D eigenvalue weighted by Crippen LogP contribution is -2.07. The van der Waals surface area contributed by atoms with Crippen molar-refractivity contribution in [2.75, 3.05) is 10.7 Å². The zero-order valence-corrected chi connectivity index (χ0v) is 20.8. The number of rotatable bonds is 7. The fourth-order valence-electron chi connectivity index (χ4n) is 3.72. The number of benzene rings is 1. The molecule has 196 valence electrons. The van der Waals surface area contributed by atoms with Crippen molar-refractivity contribution in [1.29, 1.82) is 0 Å². The first-order valence-corrected chi connectivity index (χ1v) is 11.7. The van der Waals surface area contributed by atoms with Gasteiger partial charge in [0.25, 0.3) is 0 Å². The van der Waals surface area contributed by atoms with E-state index in [-0.39, 0.29) is 5.69 Å². The molecular weight excluding hydrogens is 507 g/mol. The van der Waals surface area contributed by atoms with Gasteiger partial charge in [0.05, 0.1) is 47.1 Å². The summed E-state index contributed by atoms with van der Waals surface area (Å²) in [6.07, 6.45) is 5.02. The van der Waals surface area contributed by atoms with Crippen molar-refractivity contribution >= 4 is 23.5 Å². The molecule has 0 fully saturated rings. The van der Waals surface area contributed by atoms with Crippen LogP contribution in [0, 0.1) is 13.8 Å². The Balaban J connectivity index is 1.29. The molecule has 2 N–H and O–H groups in total. The van der Waals surface area contributed by atoms with Crippen molar-refractivity contribution in [3.05, 3.63) is 102 Å². The highest BCUT2D eigenvalue weighted by molar-refractivity contribution is 5.78. The van der Waals surface area contributed by atoms with Crippen LogP contribution in [0.3, 0.4) is 0 Å². The van der Waals surface area contributed by atoms with E-state index in [2.05, 4.69) is 40.8 Å². The first kappa shape index (κ1) is 25.5. The van der Waals surface area contributed by atoms with Crippen molar-refractivity contribution < 1.29 is 13.2 Å². The molecule has 39 heavy (non-hydrogen) atoms. The number of nitrogens with one attached hydrogen (secondary N) is 2. The Kier molecular flexibility index (Phi) is 7.00. The second kappa shape index (κ2) is 10.7. The number of aryl methyl sites for hydroxylation is 2. The zero-order chi connectivity index (χ0) is 27.4. The number of halogens is 3. The number of alkyl halides is 3. The van der Waals surface area contributed by atoms with Crippen LogP contribution in [0.5, 0.6) is 0 Å². The summed E-state index contributed by atoms with van der Waals surface area (Å²) in [5.41, 5.74) is 6.67. The van der Waals surface area contributed by atoms with E-state index in [0.29, 0.717) is 34.4 Å². The Morgan fingerprint density at radius 1 is 0.923 bits per heavy atom. The van der Waals surface area contributed by atoms with Crippen LogP contribution in [0.4, 0.5) is 30.5 Å². The van der Waals surface area contributed by atoms with Crippen molar-refractivity contribution in [2.45, 2.75) is 20.0 Å². The van der Waals surface area contributed by atoms with E-state index in [4.69, 9.17) is 0 Å². The number of aromatic nitrogens is 6. The minimum Gasteiger partial charge on any atom is -0.354 e. The first-order valence-electron chi connectivity index (χ1n) is 11.7. The van der Waals surface area contributed by atoms with Crippen LogP contribution >= 0.6 is 0 Å². The Morgan fingerprint density at radius 2 is 1.79 bits per heavy atom. The van der Waals surface area contributed by atoms with Gasteiger partial charge in [-0.05, 0) is 62.4 Å². The Morgan fingerprint density at radius 3 is 2.49 bits per heavy atom. The second-order valence-electron chi connectivity index (χ2n) is 8.62. The molecule has 1 aromatic carbocycles. The van der Waals surface area contributed by atoms with Crippen molar-refractivity contribution in [3.8, 4) is 16.9 Å². The largest absolute Gasteiger partial charge is 0.416 e. The maximum absolute atomic E-state index is 13.5. The molecule has 12 heteroatoms. The Labute approximate surface area is 221 Å². The van der Waals surface area contributed by atoms with Gasteiger partial charge in [-0.15, -0.1) is 0 Å². The topological polar surface area (TPSA) is 106 Å². The number of pyridine rings is 2. The highest BCUT2D eigenvalue weighted by Gasteiger charge is 2.31. The number of nitrogens with zero attached hydrogens (tertiary/aromatic N) is 7. The van der Waals surface area contributed by atoms with Gasteiger partial charge >= 0.3 is 6.18 Å². The fraction of sp³-hybridized carbons (Fsp3) is 0.111. The molecule has 0 aliphatic carbocycles. The van der Waals surface area contributed by atoms with Crippen LogP contribution in [0.15, 0.2) is 84.7 Å². The molecule has 0 unspecified atom stereocenters. The second-order valence-corrected chi connectivity index (χ2v) is 8.62. The van der Waals surface area contributed by atoms with Crippen LogP contribution < -0.4 is 10.7 Å². The van der Waals surface area contributed by atoms with Crippen LogP contribution in [-0.4, -0.2) is 35.7 Å². The van der Waals surface area contributed by atoms with Crippen LogP contribution in [0.2, 0.25) is 0 Å². The van der Waals surface area contributed by atoms with E-state index in [9.17, 15) is 13.2 Å². The average Bonchev–Trinajstić information content (AvgIpc) is 3.35. The molecule has 4 heterocycles. The molecule has 5 rings (SSSR count). The lowest BCUT2D eigenvalue weighted by atomic mass is 10.1. The number of hydrogen-bond acceptors (Lipinski definition) is 8. The third-order valence-corrected chi connectivity index (χ3v) is 5.50. The van der Waals surface area contributed by atoms with Gasteiger partial charge in [-0.25, -0.2) is 20.4 Å². The quantitative estimate of drug-likeness (QED) is 0.198. The average molecular weight is 530 g/mol. The third kappa shape index (κ3) is 6.42. The van der Waals surface area contributed by atoms with E-state index < -0.39 is 11.7 Å². The minimum atomic E-state index is -4.51. The molecule has 0 saturated carbocycles. The Hall–Kier alpha value is -5.13. The third-order valence-electron chi connectivity index (χ3n) is 5.50. The van der Waals surface area contributed by atoms with Gasteiger partial charge in [0.2, 0.25) is 5.95 Å². The summed E-state index contributed by atoms with van der Waals surface area (Å²) in [6.45, 7) is 3.62. The lowest BCUT2D eigenvalue weighted by molar-refractivity contribution is -0.137. The van der Waals surface area contributed by atoms with Crippen molar-refractivity contribution in [2.24, 2.45) is 5.10 Å². The molecule has 0 bridgehead atoms. The summed E-state index contributed by atoms with van der Waals surface area (Å²) in [6, 6.07) is 12.7. The Bertz CT molecular complexity index is 1610. The first-order chi connectivity index (χ1) is 18.7. The lowest BCUT2D eigenvalue weighted by Gasteiger charge is -2.14. The molecule has 0 aliphatic heterocycles. The summed E-state index contributed by atoms with van der Waals surface area (Å²) in [7, 11) is 0. The van der Waals surface area contributed by atoms with Crippen molar-refractivity contribution in [1.82, 2.24) is 29.5 Å². The van der Waals surface area contributed by atoms with Gasteiger partial charge in [0.15, 0.2) is 0 Å². The maximum atomic E-state index is 13.5. The highest BCUT2D eigenvalue weighted by atomic mass is 19.4. The summed E-state index contributed by atoms with van der Waals surface area (Å²) < 4.78 is 42.1. The number of imidazole rings is 1. The summed E-state index contributed by atoms with van der Waals surface area (Å²) >= 11 is 0. The van der Waals surface area contributed by atoms with Gasteiger partial charge in [-0.2, -0.15) is 18.3 Å². The fourth-order valence-corrected chi connectivity index (χ4v) is 3.72. The smallest absolute Gasteiger partial charge is 0.354 e. The predicted molar refractivity (Wildman–Crippen MR) is 142 cm³/mol. The molecule has 0 radical (unpaired) electrons. The summed E-state index contributed by atoms with van der Waals surface area (Å²) in [5, 5.41) is 7.14. The minimum absolute atomic E-state index is 0.261. The van der Waals surface area contributed by atoms with E-state index in [1.54, 1.807) is 43.7 Å². The van der Waals surface area contributed by atoms with E-state index >= 15 is 0 Å². The number of hydrogen-bond donors (Lipinski definition) is 2. The molecule has 4 aromatic heterocycles. The van der Waals surface area contributed by atoms with E-state index in [1.165, 1.54) is 23.3 Å². The molecule has 0 amide bonds. The van der Waals surface area contributed by atoms with Crippen LogP contribution in [0.1, 0.15) is 22.6 Å². The standard InChI is InChI=1S/C27H22F3N9/c1-17-8-25(19-4-3-7-31-12-19)37-26(35-17)38-34-14-21-5-6-22(13-32-21)36-23-9-20(27(28,29)30)10-24(11-23)39-15-18(2)33-16-39/h3-16,36H,1-2H3,(H,35,37,38)/b34-14+. The van der Waals surface area contributed by atoms with E-state index in [1.807, 2.05) is 25.1 Å². The maximum Gasteiger partial charge on any atom is 0.416 e. The molecule has 5 aromatic rings. The van der Waals surface area contributed by atoms with Gasteiger partial charge in [0.1, 0.15) is 0 Å². The monoisotopic (exact) mass is 529 g/mol. The summed E-state index contributed by atoms with van der Waals surface area (Å²) in [4.78, 5) is 21.3. The number of hydrazone groups is 1. The van der Waals surface area contributed by atoms with E-state index in [0.717, 1.165) is 23.4 Å². The molecule has 0 aliphatic rings. The summed E-state index contributed by atoms with van der Waals surface area (Å²) in [5.74, 6) is 0.317.